The average Bonchev–Trinajstić information content (AvgIpc) is 2.26. The van der Waals surface area contributed by atoms with E-state index in [0.717, 1.165) is 11.3 Å². The Morgan fingerprint density at radius 3 is 2.62 bits per heavy atom. The molecule has 0 aliphatic rings. The van der Waals surface area contributed by atoms with Gasteiger partial charge in [-0.1, -0.05) is 24.6 Å². The van der Waals surface area contributed by atoms with Gasteiger partial charge in [-0.3, -0.25) is 0 Å². The van der Waals surface area contributed by atoms with Crippen LogP contribution < -0.4 is 10.5 Å². The highest BCUT2D eigenvalue weighted by Crippen LogP contribution is 2.25. The van der Waals surface area contributed by atoms with Crippen molar-refractivity contribution in [1.29, 1.82) is 0 Å². The molecule has 1 aromatic rings. The van der Waals surface area contributed by atoms with Crippen LogP contribution in [0.2, 0.25) is 0 Å². The fraction of sp³-hybridized carbons (Fsp3) is 0.538. The van der Waals surface area contributed by atoms with Crippen molar-refractivity contribution in [1.82, 2.24) is 0 Å². The summed E-state index contributed by atoms with van der Waals surface area (Å²) in [6, 6.07) is 5.95. The summed E-state index contributed by atoms with van der Waals surface area (Å²) < 4.78 is 5.67. The minimum Gasteiger partial charge on any atom is -0.493 e. The molecular formula is C13H21NO2. The molecule has 1 rings (SSSR count). The molecule has 3 N–H and O–H groups in total. The van der Waals surface area contributed by atoms with Crippen LogP contribution in [-0.2, 0) is 0 Å². The van der Waals surface area contributed by atoms with Gasteiger partial charge in [0.2, 0.25) is 0 Å². The van der Waals surface area contributed by atoms with Crippen LogP contribution in [-0.4, -0.2) is 18.3 Å². The fourth-order valence-corrected chi connectivity index (χ4v) is 1.44. The minimum atomic E-state index is -0.0423. The van der Waals surface area contributed by atoms with E-state index in [-0.39, 0.29) is 18.6 Å². The molecule has 16 heavy (non-hydrogen) atoms. The third-order valence-corrected chi connectivity index (χ3v) is 2.49. The second-order valence-electron chi connectivity index (χ2n) is 4.43. The summed E-state index contributed by atoms with van der Waals surface area (Å²) in [6.45, 7) is 6.57. The highest BCUT2D eigenvalue weighted by Gasteiger charge is 2.09. The van der Waals surface area contributed by atoms with Gasteiger partial charge in [0.1, 0.15) is 5.75 Å². The Balaban J connectivity index is 2.78. The van der Waals surface area contributed by atoms with Crippen molar-refractivity contribution in [2.24, 2.45) is 11.7 Å². The van der Waals surface area contributed by atoms with Gasteiger partial charge in [-0.2, -0.15) is 0 Å². The van der Waals surface area contributed by atoms with Gasteiger partial charge in [0.25, 0.3) is 0 Å². The number of hydrogen-bond acceptors (Lipinski definition) is 3. The molecule has 90 valence electrons. The lowest BCUT2D eigenvalue weighted by Crippen LogP contribution is -2.14. The van der Waals surface area contributed by atoms with Crippen LogP contribution in [0.5, 0.6) is 5.75 Å². The number of rotatable bonds is 5. The third kappa shape index (κ3) is 3.51. The molecule has 0 fully saturated rings. The van der Waals surface area contributed by atoms with E-state index in [9.17, 15) is 0 Å². The molecule has 0 bridgehead atoms. The van der Waals surface area contributed by atoms with Crippen molar-refractivity contribution in [3.8, 4) is 5.75 Å². The molecule has 0 radical (unpaired) electrons. The normalized spacial score (nSPS) is 14.6. The van der Waals surface area contributed by atoms with Gasteiger partial charge in [-0.05, 0) is 19.9 Å². The Labute approximate surface area is 97.2 Å². The van der Waals surface area contributed by atoms with Crippen molar-refractivity contribution >= 4 is 0 Å². The van der Waals surface area contributed by atoms with Crippen molar-refractivity contribution in [2.45, 2.75) is 26.8 Å². The van der Waals surface area contributed by atoms with E-state index in [2.05, 4.69) is 0 Å². The molecule has 0 saturated carbocycles. The Kier molecular flexibility index (Phi) is 4.77. The van der Waals surface area contributed by atoms with Gasteiger partial charge < -0.3 is 15.6 Å². The third-order valence-electron chi connectivity index (χ3n) is 2.49. The van der Waals surface area contributed by atoms with Crippen molar-refractivity contribution < 1.29 is 9.84 Å². The maximum Gasteiger partial charge on any atom is 0.124 e. The SMILES string of the molecule is Cc1ccc(OCC(C)CO)c([C@H](C)N)c1. The highest BCUT2D eigenvalue weighted by atomic mass is 16.5. The van der Waals surface area contributed by atoms with Crippen LogP contribution in [0.1, 0.15) is 31.0 Å². The number of hydrogen-bond donors (Lipinski definition) is 2. The lowest BCUT2D eigenvalue weighted by molar-refractivity contribution is 0.173. The predicted octanol–water partition coefficient (Wildman–Crippen LogP) is 2.02. The molecule has 0 aromatic heterocycles. The lowest BCUT2D eigenvalue weighted by Gasteiger charge is -2.16. The molecular weight excluding hydrogens is 202 g/mol. The summed E-state index contributed by atoms with van der Waals surface area (Å²) in [6.07, 6.45) is 0. The second kappa shape index (κ2) is 5.87. The first kappa shape index (κ1) is 13.0. The van der Waals surface area contributed by atoms with Crippen LogP contribution in [0, 0.1) is 12.8 Å². The van der Waals surface area contributed by atoms with Gasteiger partial charge >= 0.3 is 0 Å². The monoisotopic (exact) mass is 223 g/mol. The van der Waals surface area contributed by atoms with E-state index in [4.69, 9.17) is 15.6 Å². The first-order chi connectivity index (χ1) is 7.54. The predicted molar refractivity (Wildman–Crippen MR) is 65.5 cm³/mol. The van der Waals surface area contributed by atoms with Crippen LogP contribution >= 0.6 is 0 Å². The van der Waals surface area contributed by atoms with Gasteiger partial charge in [0.15, 0.2) is 0 Å². The van der Waals surface area contributed by atoms with Crippen LogP contribution in [0.25, 0.3) is 0 Å². The number of aliphatic hydroxyl groups is 1. The highest BCUT2D eigenvalue weighted by molar-refractivity contribution is 5.38. The summed E-state index contributed by atoms with van der Waals surface area (Å²) in [5, 5.41) is 8.93. The molecule has 1 aromatic carbocycles. The van der Waals surface area contributed by atoms with Crippen molar-refractivity contribution in [3.05, 3.63) is 29.3 Å². The summed E-state index contributed by atoms with van der Waals surface area (Å²) >= 11 is 0. The van der Waals surface area contributed by atoms with Crippen molar-refractivity contribution in [3.63, 3.8) is 0 Å². The number of benzene rings is 1. The quantitative estimate of drug-likeness (QED) is 0.803. The summed E-state index contributed by atoms with van der Waals surface area (Å²) in [5.74, 6) is 0.961. The zero-order valence-corrected chi connectivity index (χ0v) is 10.2. The van der Waals surface area contributed by atoms with Crippen LogP contribution in [0.4, 0.5) is 0 Å². The first-order valence-electron chi connectivity index (χ1n) is 5.64. The molecule has 0 saturated heterocycles. The summed E-state index contributed by atoms with van der Waals surface area (Å²) in [5.41, 5.74) is 8.09. The number of ether oxygens (including phenoxy) is 1. The average molecular weight is 223 g/mol. The number of aliphatic hydroxyl groups excluding tert-OH is 1. The molecule has 2 atom stereocenters. The van der Waals surface area contributed by atoms with Crippen LogP contribution in [0.15, 0.2) is 18.2 Å². The zero-order chi connectivity index (χ0) is 12.1. The molecule has 1 unspecified atom stereocenters. The topological polar surface area (TPSA) is 55.5 Å². The van der Waals surface area contributed by atoms with Crippen molar-refractivity contribution in [2.75, 3.05) is 13.2 Å². The molecule has 3 heteroatoms. The van der Waals surface area contributed by atoms with Gasteiger partial charge in [0.05, 0.1) is 6.61 Å². The van der Waals surface area contributed by atoms with Crippen LogP contribution in [0.3, 0.4) is 0 Å². The Hall–Kier alpha value is -1.06. The van der Waals surface area contributed by atoms with E-state index in [0.29, 0.717) is 6.61 Å². The Bertz CT molecular complexity index is 337. The zero-order valence-electron chi connectivity index (χ0n) is 10.2. The molecule has 0 aliphatic carbocycles. The Morgan fingerprint density at radius 1 is 1.38 bits per heavy atom. The maximum atomic E-state index is 8.93. The Morgan fingerprint density at radius 2 is 2.06 bits per heavy atom. The second-order valence-corrected chi connectivity index (χ2v) is 4.43. The van der Waals surface area contributed by atoms with Gasteiger partial charge in [0, 0.05) is 24.1 Å². The number of aryl methyl sites for hydroxylation is 1. The van der Waals surface area contributed by atoms with E-state index in [1.165, 1.54) is 5.56 Å². The summed E-state index contributed by atoms with van der Waals surface area (Å²) in [7, 11) is 0. The molecule has 0 aliphatic heterocycles. The first-order valence-corrected chi connectivity index (χ1v) is 5.64. The van der Waals surface area contributed by atoms with E-state index < -0.39 is 0 Å². The largest absolute Gasteiger partial charge is 0.493 e. The molecule has 3 nitrogen and oxygen atoms in total. The minimum absolute atomic E-state index is 0.0423. The molecule has 0 amide bonds. The fourth-order valence-electron chi connectivity index (χ4n) is 1.44. The molecule has 0 heterocycles. The smallest absolute Gasteiger partial charge is 0.124 e. The number of nitrogens with two attached hydrogens (primary N) is 1. The van der Waals surface area contributed by atoms with E-state index in [1.54, 1.807) is 0 Å². The van der Waals surface area contributed by atoms with Gasteiger partial charge in [-0.15, -0.1) is 0 Å². The summed E-state index contributed by atoms with van der Waals surface area (Å²) in [4.78, 5) is 0. The van der Waals surface area contributed by atoms with E-state index in [1.807, 2.05) is 39.0 Å². The lowest BCUT2D eigenvalue weighted by atomic mass is 10.1. The van der Waals surface area contributed by atoms with E-state index >= 15 is 0 Å². The standard InChI is InChI=1S/C13H21NO2/c1-9-4-5-13(12(6-9)11(3)14)16-8-10(2)7-15/h4-6,10-11,15H,7-8,14H2,1-3H3/t10?,11-/m0/s1. The molecule has 0 spiro atoms. The van der Waals surface area contributed by atoms with Gasteiger partial charge in [-0.25, -0.2) is 0 Å². The maximum absolute atomic E-state index is 8.93.